The van der Waals surface area contributed by atoms with E-state index in [1.54, 1.807) is 19.9 Å². The molecule has 0 radical (unpaired) electrons. The van der Waals surface area contributed by atoms with Crippen molar-refractivity contribution in [2.45, 2.75) is 38.8 Å². The maximum atomic E-state index is 13.2. The molecule has 0 aromatic carbocycles. The van der Waals surface area contributed by atoms with Gasteiger partial charge in [0, 0.05) is 5.70 Å². The Morgan fingerprint density at radius 1 is 1.28 bits per heavy atom. The normalized spacial score (nSPS) is 22.1. The van der Waals surface area contributed by atoms with Crippen molar-refractivity contribution >= 4 is 5.71 Å². The van der Waals surface area contributed by atoms with E-state index >= 15 is 0 Å². The van der Waals surface area contributed by atoms with Crippen LogP contribution in [0.5, 0.6) is 0 Å². The number of allylic oxidation sites excluding steroid dienone is 4. The Hall–Kier alpha value is -1.20. The molecule has 1 heterocycles. The number of nitrogens with zero attached hydrogens (tertiary/aromatic N) is 1. The first-order chi connectivity index (χ1) is 8.18. The van der Waals surface area contributed by atoms with Crippen LogP contribution < -0.4 is 0 Å². The lowest BCUT2D eigenvalue weighted by Gasteiger charge is -2.21. The van der Waals surface area contributed by atoms with Crippen molar-refractivity contribution in [1.82, 2.24) is 0 Å². The third-order valence-electron chi connectivity index (χ3n) is 2.61. The molecule has 0 fully saturated rings. The minimum atomic E-state index is -5.63. The van der Waals surface area contributed by atoms with E-state index in [-0.39, 0.29) is 11.6 Å². The fourth-order valence-electron chi connectivity index (χ4n) is 1.44. The molecule has 102 valence electrons. The molecular formula is C12H14F5N. The first-order valence-corrected chi connectivity index (χ1v) is 5.59. The average molecular weight is 267 g/mol. The summed E-state index contributed by atoms with van der Waals surface area (Å²) in [5.74, 6) is -5.02. The first kappa shape index (κ1) is 14.9. The van der Waals surface area contributed by atoms with Crippen LogP contribution in [0, 0.1) is 5.92 Å². The van der Waals surface area contributed by atoms with Gasteiger partial charge in [-0.05, 0) is 24.8 Å². The summed E-state index contributed by atoms with van der Waals surface area (Å²) < 4.78 is 63.4. The molecule has 6 heteroatoms. The second-order valence-electron chi connectivity index (χ2n) is 4.19. The number of alkyl halides is 5. The number of aliphatic imine (C=N–C) groups is 1. The Bertz CT molecular complexity index is 390. The largest absolute Gasteiger partial charge is 0.459 e. The summed E-state index contributed by atoms with van der Waals surface area (Å²) in [6.45, 7) is 3.41. The molecule has 1 aliphatic heterocycles. The van der Waals surface area contributed by atoms with Gasteiger partial charge in [0.05, 0.1) is 0 Å². The molecule has 1 atom stereocenters. The lowest BCUT2D eigenvalue weighted by atomic mass is 10.0. The zero-order valence-electron chi connectivity index (χ0n) is 10.1. The Labute approximate surface area is 102 Å². The van der Waals surface area contributed by atoms with Gasteiger partial charge in [0.1, 0.15) is 5.71 Å². The van der Waals surface area contributed by atoms with Gasteiger partial charge in [0.15, 0.2) is 0 Å². The Kier molecular flexibility index (Phi) is 4.29. The van der Waals surface area contributed by atoms with Gasteiger partial charge in [-0.25, -0.2) is 0 Å². The van der Waals surface area contributed by atoms with Crippen molar-refractivity contribution in [1.29, 1.82) is 0 Å². The van der Waals surface area contributed by atoms with Gasteiger partial charge in [0.2, 0.25) is 0 Å². The molecule has 0 saturated heterocycles. The highest BCUT2D eigenvalue weighted by molar-refractivity contribution is 6.01. The molecular weight excluding hydrogens is 253 g/mol. The van der Waals surface area contributed by atoms with Crippen LogP contribution in [0.15, 0.2) is 28.9 Å². The average Bonchev–Trinajstić information content (AvgIpc) is 2.23. The van der Waals surface area contributed by atoms with Gasteiger partial charge in [-0.15, -0.1) is 0 Å². The van der Waals surface area contributed by atoms with Crippen LogP contribution in [0.3, 0.4) is 0 Å². The Balaban J connectivity index is 3.22. The van der Waals surface area contributed by atoms with Crippen LogP contribution in [0.4, 0.5) is 22.0 Å². The topological polar surface area (TPSA) is 12.4 Å². The van der Waals surface area contributed by atoms with Crippen LogP contribution >= 0.6 is 0 Å². The third-order valence-corrected chi connectivity index (χ3v) is 2.61. The van der Waals surface area contributed by atoms with Crippen molar-refractivity contribution in [3.63, 3.8) is 0 Å². The minimum absolute atomic E-state index is 0.0962. The highest BCUT2D eigenvalue weighted by Gasteiger charge is 2.60. The van der Waals surface area contributed by atoms with Crippen molar-refractivity contribution in [3.05, 3.63) is 23.9 Å². The molecule has 0 aromatic heterocycles. The smallest absolute Gasteiger partial charge is 0.252 e. The third kappa shape index (κ3) is 3.17. The monoisotopic (exact) mass is 267 g/mol. The van der Waals surface area contributed by atoms with E-state index in [4.69, 9.17) is 0 Å². The number of rotatable bonds is 2. The van der Waals surface area contributed by atoms with E-state index in [9.17, 15) is 22.0 Å². The second-order valence-corrected chi connectivity index (χ2v) is 4.19. The summed E-state index contributed by atoms with van der Waals surface area (Å²) in [4.78, 5) is 3.45. The lowest BCUT2D eigenvalue weighted by Crippen LogP contribution is -2.43. The fourth-order valence-corrected chi connectivity index (χ4v) is 1.44. The van der Waals surface area contributed by atoms with Gasteiger partial charge < -0.3 is 0 Å². The molecule has 0 bridgehead atoms. The van der Waals surface area contributed by atoms with E-state index in [2.05, 4.69) is 4.99 Å². The Morgan fingerprint density at radius 2 is 1.89 bits per heavy atom. The van der Waals surface area contributed by atoms with E-state index in [0.29, 0.717) is 12.8 Å². The second kappa shape index (κ2) is 5.20. The molecule has 18 heavy (non-hydrogen) atoms. The maximum Gasteiger partial charge on any atom is 0.459 e. The number of hydrogen-bond acceptors (Lipinski definition) is 1. The van der Waals surface area contributed by atoms with Crippen molar-refractivity contribution < 1.29 is 22.0 Å². The van der Waals surface area contributed by atoms with Gasteiger partial charge in [-0.2, -0.15) is 22.0 Å². The van der Waals surface area contributed by atoms with Crippen molar-refractivity contribution in [2.24, 2.45) is 10.9 Å². The summed E-state index contributed by atoms with van der Waals surface area (Å²) in [5.41, 5.74) is -0.986. The molecule has 0 N–H and O–H groups in total. The quantitative estimate of drug-likeness (QED) is 0.652. The van der Waals surface area contributed by atoms with Gasteiger partial charge >= 0.3 is 12.1 Å². The predicted molar refractivity (Wildman–Crippen MR) is 59.7 cm³/mol. The Morgan fingerprint density at radius 3 is 2.39 bits per heavy atom. The molecule has 1 unspecified atom stereocenters. The van der Waals surface area contributed by atoms with Gasteiger partial charge in [0.25, 0.3) is 0 Å². The summed E-state index contributed by atoms with van der Waals surface area (Å²) in [5, 5.41) is 0. The molecule has 1 nitrogen and oxygen atoms in total. The lowest BCUT2D eigenvalue weighted by molar-refractivity contribution is -0.248. The summed E-state index contributed by atoms with van der Waals surface area (Å²) in [7, 11) is 0. The molecule has 0 aliphatic carbocycles. The van der Waals surface area contributed by atoms with E-state index in [1.165, 1.54) is 6.08 Å². The number of halogens is 5. The van der Waals surface area contributed by atoms with Gasteiger partial charge in [-0.1, -0.05) is 26.0 Å². The first-order valence-electron chi connectivity index (χ1n) is 5.59. The molecule has 1 rings (SSSR count). The molecule has 0 saturated carbocycles. The maximum absolute atomic E-state index is 13.2. The van der Waals surface area contributed by atoms with E-state index in [1.807, 2.05) is 0 Å². The molecule has 0 aromatic rings. The zero-order valence-corrected chi connectivity index (χ0v) is 10.1. The van der Waals surface area contributed by atoms with E-state index in [0.717, 1.165) is 6.08 Å². The van der Waals surface area contributed by atoms with Crippen molar-refractivity contribution in [2.75, 3.05) is 0 Å². The minimum Gasteiger partial charge on any atom is -0.252 e. The molecule has 0 amide bonds. The van der Waals surface area contributed by atoms with Crippen molar-refractivity contribution in [3.8, 4) is 0 Å². The standard InChI is InChI=1S/C12H14F5N/c1-3-9-6-4-8(2)5-7-10(18-9)11(13,14)12(15,16)17/h5-8H,3-4H2,1-2H3. The zero-order chi connectivity index (χ0) is 14.0. The van der Waals surface area contributed by atoms with Crippen LogP contribution in [0.1, 0.15) is 26.7 Å². The van der Waals surface area contributed by atoms with E-state index < -0.39 is 17.8 Å². The summed E-state index contributed by atoms with van der Waals surface area (Å²) in [6.07, 6.45) is -1.04. The number of hydrogen-bond donors (Lipinski definition) is 0. The highest BCUT2D eigenvalue weighted by Crippen LogP contribution is 2.38. The summed E-state index contributed by atoms with van der Waals surface area (Å²) in [6, 6.07) is 0. The van der Waals surface area contributed by atoms with Crippen LogP contribution in [0.25, 0.3) is 0 Å². The SMILES string of the molecule is CCC1=CCC(C)C=CC(C(F)(F)C(F)(F)F)=N1. The van der Waals surface area contributed by atoms with Crippen LogP contribution in [-0.2, 0) is 0 Å². The highest BCUT2D eigenvalue weighted by atomic mass is 19.4. The molecule has 1 aliphatic rings. The van der Waals surface area contributed by atoms with Crippen LogP contribution in [0.2, 0.25) is 0 Å². The summed E-state index contributed by atoms with van der Waals surface area (Å²) >= 11 is 0. The predicted octanol–water partition coefficient (Wildman–Crippen LogP) is 4.51. The van der Waals surface area contributed by atoms with Gasteiger partial charge in [-0.3, -0.25) is 4.99 Å². The molecule has 0 spiro atoms. The van der Waals surface area contributed by atoms with Crippen LogP contribution in [-0.4, -0.2) is 17.8 Å². The fraction of sp³-hybridized carbons (Fsp3) is 0.583.